The van der Waals surface area contributed by atoms with Crippen molar-refractivity contribution in [3.63, 3.8) is 0 Å². The summed E-state index contributed by atoms with van der Waals surface area (Å²) in [5, 5.41) is 12.2. The Balaban J connectivity index is 2.71. The quantitative estimate of drug-likeness (QED) is 0.464. The van der Waals surface area contributed by atoms with E-state index in [1.165, 1.54) is 0 Å². The van der Waals surface area contributed by atoms with Gasteiger partial charge in [-0.3, -0.25) is 5.32 Å². The first-order valence-corrected chi connectivity index (χ1v) is 5.09. The first-order chi connectivity index (χ1) is 6.48. The van der Waals surface area contributed by atoms with E-state index in [0.717, 1.165) is 12.0 Å². The predicted octanol–water partition coefficient (Wildman–Crippen LogP) is 0.907. The van der Waals surface area contributed by atoms with Crippen molar-refractivity contribution in [1.29, 1.82) is 0 Å². The van der Waals surface area contributed by atoms with Gasteiger partial charge in [-0.2, -0.15) is 0 Å². The van der Waals surface area contributed by atoms with Gasteiger partial charge in [-0.15, -0.1) is 0 Å². The van der Waals surface area contributed by atoms with Crippen LogP contribution in [0.4, 0.5) is 0 Å². The molecular formula is C11H20N2O. The van der Waals surface area contributed by atoms with Crippen LogP contribution in [0.15, 0.2) is 23.8 Å². The number of nitrogens with two attached hydrogens (primary N) is 1. The highest BCUT2D eigenvalue weighted by atomic mass is 16.3. The van der Waals surface area contributed by atoms with Crippen molar-refractivity contribution in [2.24, 2.45) is 5.73 Å². The zero-order chi connectivity index (χ0) is 10.8. The van der Waals surface area contributed by atoms with E-state index in [0.29, 0.717) is 0 Å². The second-order valence-electron chi connectivity index (χ2n) is 3.97. The average molecular weight is 196 g/mol. The molecule has 14 heavy (non-hydrogen) atoms. The Morgan fingerprint density at radius 2 is 2.36 bits per heavy atom. The summed E-state index contributed by atoms with van der Waals surface area (Å²) in [6.45, 7) is 5.81. The lowest BCUT2D eigenvalue weighted by Gasteiger charge is -2.31. The molecule has 0 bridgehead atoms. The highest BCUT2D eigenvalue weighted by molar-refractivity contribution is 5.34. The molecule has 3 unspecified atom stereocenters. The second-order valence-corrected chi connectivity index (χ2v) is 3.97. The highest BCUT2D eigenvalue weighted by Gasteiger charge is 2.25. The van der Waals surface area contributed by atoms with Crippen LogP contribution >= 0.6 is 0 Å². The fourth-order valence-electron chi connectivity index (χ4n) is 1.67. The van der Waals surface area contributed by atoms with E-state index in [2.05, 4.69) is 18.3 Å². The fraction of sp³-hybridized carbons (Fsp3) is 0.636. The molecule has 0 aliphatic heterocycles. The summed E-state index contributed by atoms with van der Waals surface area (Å²) < 4.78 is 0. The highest BCUT2D eigenvalue weighted by Crippen LogP contribution is 2.24. The summed E-state index contributed by atoms with van der Waals surface area (Å²) in [7, 11) is 0. The van der Waals surface area contributed by atoms with Crippen LogP contribution in [0.3, 0.4) is 0 Å². The van der Waals surface area contributed by atoms with Crippen molar-refractivity contribution < 1.29 is 5.11 Å². The fourth-order valence-corrected chi connectivity index (χ4v) is 1.67. The summed E-state index contributed by atoms with van der Waals surface area (Å²) >= 11 is 0. The molecule has 0 spiro atoms. The zero-order valence-electron chi connectivity index (χ0n) is 9.12. The summed E-state index contributed by atoms with van der Waals surface area (Å²) in [5.41, 5.74) is 7.01. The Kier molecular flexibility index (Phi) is 3.48. The van der Waals surface area contributed by atoms with Crippen molar-refractivity contribution in [2.75, 3.05) is 0 Å². The number of hydrogen-bond donors (Lipinski definition) is 3. The van der Waals surface area contributed by atoms with Crippen LogP contribution in [0, 0.1) is 0 Å². The van der Waals surface area contributed by atoms with Crippen LogP contribution in [0.1, 0.15) is 27.2 Å². The topological polar surface area (TPSA) is 58.3 Å². The van der Waals surface area contributed by atoms with Crippen molar-refractivity contribution in [3.05, 3.63) is 23.8 Å². The average Bonchev–Trinajstić information content (AvgIpc) is 2.11. The molecule has 0 heterocycles. The Bertz CT molecular complexity index is 258. The van der Waals surface area contributed by atoms with Gasteiger partial charge >= 0.3 is 0 Å². The van der Waals surface area contributed by atoms with Gasteiger partial charge in [-0.05, 0) is 20.3 Å². The van der Waals surface area contributed by atoms with E-state index in [9.17, 15) is 5.11 Å². The molecule has 80 valence electrons. The first kappa shape index (κ1) is 11.4. The number of nitrogens with one attached hydrogen (secondary N) is 1. The Morgan fingerprint density at radius 3 is 2.79 bits per heavy atom. The van der Waals surface area contributed by atoms with E-state index >= 15 is 0 Å². The number of aliphatic hydroxyl groups is 1. The van der Waals surface area contributed by atoms with Gasteiger partial charge in [0, 0.05) is 6.04 Å². The van der Waals surface area contributed by atoms with Gasteiger partial charge in [0.05, 0.1) is 5.54 Å². The zero-order valence-corrected chi connectivity index (χ0v) is 9.12. The molecule has 3 nitrogen and oxygen atoms in total. The second kappa shape index (κ2) is 4.26. The standard InChI is InChI=1S/C11H20N2O/c1-4-11(12)6-5-10(7-8(11)2)13-9(3)14/h5-7,9-10,13-14H,4,12H2,1-3H3. The first-order valence-electron chi connectivity index (χ1n) is 5.09. The smallest absolute Gasteiger partial charge is 0.102 e. The molecule has 0 saturated carbocycles. The van der Waals surface area contributed by atoms with E-state index < -0.39 is 6.23 Å². The van der Waals surface area contributed by atoms with Crippen LogP contribution in [0.2, 0.25) is 0 Å². The minimum absolute atomic E-state index is 0.0956. The van der Waals surface area contributed by atoms with Crippen molar-refractivity contribution in [1.82, 2.24) is 5.32 Å². The largest absolute Gasteiger partial charge is 0.379 e. The van der Waals surface area contributed by atoms with Crippen molar-refractivity contribution in [2.45, 2.75) is 45.0 Å². The number of rotatable bonds is 3. The van der Waals surface area contributed by atoms with Crippen LogP contribution in [0.25, 0.3) is 0 Å². The van der Waals surface area contributed by atoms with E-state index in [-0.39, 0.29) is 11.6 Å². The van der Waals surface area contributed by atoms with Gasteiger partial charge in [0.15, 0.2) is 0 Å². The van der Waals surface area contributed by atoms with E-state index in [1.807, 2.05) is 19.1 Å². The van der Waals surface area contributed by atoms with Crippen molar-refractivity contribution in [3.8, 4) is 0 Å². The molecule has 0 saturated heterocycles. The molecule has 1 aliphatic rings. The molecule has 0 aromatic carbocycles. The Labute approximate surface area is 85.7 Å². The Morgan fingerprint density at radius 1 is 1.71 bits per heavy atom. The molecule has 0 aromatic rings. The summed E-state index contributed by atoms with van der Waals surface area (Å²) in [6.07, 6.45) is 6.48. The molecule has 3 heteroatoms. The normalized spacial score (nSPS) is 34.1. The molecule has 3 atom stereocenters. The van der Waals surface area contributed by atoms with Crippen LogP contribution in [-0.4, -0.2) is 22.9 Å². The third kappa shape index (κ3) is 2.44. The molecule has 0 radical (unpaired) electrons. The molecule has 1 rings (SSSR count). The van der Waals surface area contributed by atoms with Crippen LogP contribution < -0.4 is 11.1 Å². The molecule has 0 aromatic heterocycles. The number of aliphatic hydroxyl groups excluding tert-OH is 1. The third-order valence-corrected chi connectivity index (χ3v) is 2.78. The summed E-state index contributed by atoms with van der Waals surface area (Å²) in [5.74, 6) is 0. The number of hydrogen-bond acceptors (Lipinski definition) is 3. The van der Waals surface area contributed by atoms with Crippen LogP contribution in [0.5, 0.6) is 0 Å². The predicted molar refractivity (Wildman–Crippen MR) is 58.7 cm³/mol. The molecule has 0 amide bonds. The molecule has 0 fully saturated rings. The maximum absolute atomic E-state index is 9.17. The van der Waals surface area contributed by atoms with Gasteiger partial charge in [0.25, 0.3) is 0 Å². The minimum Gasteiger partial charge on any atom is -0.379 e. The lowest BCUT2D eigenvalue weighted by atomic mass is 9.83. The minimum atomic E-state index is -0.499. The van der Waals surface area contributed by atoms with E-state index in [4.69, 9.17) is 5.73 Å². The van der Waals surface area contributed by atoms with Gasteiger partial charge in [0.1, 0.15) is 6.23 Å². The van der Waals surface area contributed by atoms with Gasteiger partial charge in [-0.25, -0.2) is 0 Å². The van der Waals surface area contributed by atoms with Gasteiger partial charge in [0.2, 0.25) is 0 Å². The molecular weight excluding hydrogens is 176 g/mol. The monoisotopic (exact) mass is 196 g/mol. The summed E-state index contributed by atoms with van der Waals surface area (Å²) in [6, 6.07) is 0.0956. The maximum atomic E-state index is 9.17. The lowest BCUT2D eigenvalue weighted by Crippen LogP contribution is -2.44. The molecule has 4 N–H and O–H groups in total. The molecule has 1 aliphatic carbocycles. The van der Waals surface area contributed by atoms with Crippen molar-refractivity contribution >= 4 is 0 Å². The third-order valence-electron chi connectivity index (χ3n) is 2.78. The maximum Gasteiger partial charge on any atom is 0.102 e. The van der Waals surface area contributed by atoms with Gasteiger partial charge in [-0.1, -0.05) is 30.7 Å². The Hall–Kier alpha value is -0.640. The van der Waals surface area contributed by atoms with Gasteiger partial charge < -0.3 is 10.8 Å². The van der Waals surface area contributed by atoms with Crippen LogP contribution in [-0.2, 0) is 0 Å². The summed E-state index contributed by atoms with van der Waals surface area (Å²) in [4.78, 5) is 0. The van der Waals surface area contributed by atoms with E-state index in [1.54, 1.807) is 6.92 Å². The SMILES string of the molecule is CCC1(N)C=CC(NC(C)O)C=C1C. The lowest BCUT2D eigenvalue weighted by molar-refractivity contribution is 0.153.